The lowest BCUT2D eigenvalue weighted by atomic mass is 10.0. The first kappa shape index (κ1) is 15.6. The van der Waals surface area contributed by atoms with E-state index < -0.39 is 5.63 Å². The number of anilines is 1. The molecule has 0 aliphatic heterocycles. The molecule has 0 bridgehead atoms. The van der Waals surface area contributed by atoms with Crippen molar-refractivity contribution in [2.24, 2.45) is 7.05 Å². The topological polar surface area (TPSA) is 77.1 Å². The third-order valence-corrected chi connectivity index (χ3v) is 4.88. The molecule has 0 radical (unpaired) electrons. The number of aromatic nitrogens is 2. The zero-order chi connectivity index (χ0) is 17.4. The first-order valence-electron chi connectivity index (χ1n) is 8.49. The highest BCUT2D eigenvalue weighted by Crippen LogP contribution is 2.34. The lowest BCUT2D eigenvalue weighted by molar-refractivity contribution is 0.102. The Hall–Kier alpha value is -2.89. The smallest absolute Gasteiger partial charge is 0.343 e. The minimum atomic E-state index is -0.448. The monoisotopic (exact) mass is 337 g/mol. The lowest BCUT2D eigenvalue weighted by Crippen LogP contribution is -2.16. The molecule has 0 spiro atoms. The maximum Gasteiger partial charge on any atom is 0.343 e. The number of aryl methyl sites for hydroxylation is 1. The van der Waals surface area contributed by atoms with Crippen LogP contribution in [-0.4, -0.2) is 15.7 Å². The quantitative estimate of drug-likeness (QED) is 0.794. The summed E-state index contributed by atoms with van der Waals surface area (Å²) in [5, 5.41) is 8.40. The van der Waals surface area contributed by atoms with Gasteiger partial charge in [0.05, 0.1) is 16.6 Å². The van der Waals surface area contributed by atoms with E-state index in [1.54, 1.807) is 28.9 Å². The summed E-state index contributed by atoms with van der Waals surface area (Å²) in [6.07, 6.45) is 5.99. The van der Waals surface area contributed by atoms with E-state index in [1.807, 2.05) is 13.1 Å². The van der Waals surface area contributed by atoms with Crippen molar-refractivity contribution < 1.29 is 9.21 Å². The van der Waals surface area contributed by atoms with Crippen LogP contribution < -0.4 is 10.9 Å². The minimum Gasteiger partial charge on any atom is -0.430 e. The molecule has 2 heterocycles. The van der Waals surface area contributed by atoms with Gasteiger partial charge in [0.25, 0.3) is 5.91 Å². The second kappa shape index (κ2) is 6.20. The fraction of sp³-hybridized carbons (Fsp3) is 0.316. The maximum absolute atomic E-state index is 12.7. The molecule has 25 heavy (non-hydrogen) atoms. The zero-order valence-corrected chi connectivity index (χ0v) is 14.0. The second-order valence-electron chi connectivity index (χ2n) is 6.50. The van der Waals surface area contributed by atoms with Gasteiger partial charge in [-0.1, -0.05) is 31.0 Å². The summed E-state index contributed by atoms with van der Waals surface area (Å²) >= 11 is 0. The lowest BCUT2D eigenvalue weighted by Gasteiger charge is -2.06. The molecule has 3 aromatic rings. The van der Waals surface area contributed by atoms with Crippen LogP contribution in [0, 0.1) is 0 Å². The van der Waals surface area contributed by atoms with E-state index in [2.05, 4.69) is 10.4 Å². The molecule has 4 rings (SSSR count). The Bertz CT molecular complexity index is 997. The Kier molecular flexibility index (Phi) is 3.87. The maximum atomic E-state index is 12.7. The Morgan fingerprint density at radius 1 is 1.24 bits per heavy atom. The fourth-order valence-corrected chi connectivity index (χ4v) is 3.52. The van der Waals surface area contributed by atoms with Gasteiger partial charge in [-0.3, -0.25) is 9.48 Å². The molecule has 1 aliphatic carbocycles. The molecule has 6 heteroatoms. The molecule has 0 unspecified atom stereocenters. The van der Waals surface area contributed by atoms with Crippen molar-refractivity contribution in [3.8, 4) is 0 Å². The van der Waals surface area contributed by atoms with Crippen molar-refractivity contribution in [1.82, 2.24) is 9.78 Å². The Morgan fingerprint density at radius 3 is 2.72 bits per heavy atom. The van der Waals surface area contributed by atoms with Crippen LogP contribution in [0.4, 0.5) is 5.82 Å². The van der Waals surface area contributed by atoms with Crippen LogP contribution in [0.25, 0.3) is 10.8 Å². The van der Waals surface area contributed by atoms with Gasteiger partial charge in [-0.2, -0.15) is 5.10 Å². The molecular weight excluding hydrogens is 318 g/mol. The molecule has 0 saturated heterocycles. The average molecular weight is 337 g/mol. The number of fused-ring (bicyclic) bond motifs is 1. The van der Waals surface area contributed by atoms with E-state index in [4.69, 9.17) is 4.42 Å². The van der Waals surface area contributed by atoms with Gasteiger partial charge < -0.3 is 9.73 Å². The molecule has 1 saturated carbocycles. The number of benzene rings is 1. The summed E-state index contributed by atoms with van der Waals surface area (Å²) in [5.74, 6) is 0.801. The zero-order valence-electron chi connectivity index (χ0n) is 14.0. The summed E-state index contributed by atoms with van der Waals surface area (Å²) in [4.78, 5) is 24.5. The Labute approximate surface area is 144 Å². The van der Waals surface area contributed by atoms with E-state index in [0.717, 1.165) is 18.5 Å². The van der Waals surface area contributed by atoms with Gasteiger partial charge in [0.2, 0.25) is 0 Å². The van der Waals surface area contributed by atoms with Gasteiger partial charge in [0.1, 0.15) is 12.1 Å². The fourth-order valence-electron chi connectivity index (χ4n) is 3.52. The first-order valence-corrected chi connectivity index (χ1v) is 8.49. The molecule has 128 valence electrons. The average Bonchev–Trinajstić information content (AvgIpc) is 3.26. The number of rotatable bonds is 3. The first-order chi connectivity index (χ1) is 12.1. The van der Waals surface area contributed by atoms with Gasteiger partial charge in [-0.05, 0) is 18.9 Å². The molecule has 1 amide bonds. The van der Waals surface area contributed by atoms with Crippen molar-refractivity contribution in [1.29, 1.82) is 0 Å². The van der Waals surface area contributed by atoms with Crippen molar-refractivity contribution in [2.75, 3.05) is 5.32 Å². The van der Waals surface area contributed by atoms with Crippen molar-refractivity contribution in [2.45, 2.75) is 31.6 Å². The van der Waals surface area contributed by atoms with E-state index in [-0.39, 0.29) is 5.91 Å². The van der Waals surface area contributed by atoms with Gasteiger partial charge in [-0.25, -0.2) is 4.79 Å². The number of nitrogens with one attached hydrogen (secondary N) is 1. The highest BCUT2D eigenvalue weighted by Gasteiger charge is 2.22. The molecule has 0 atom stereocenters. The third-order valence-electron chi connectivity index (χ3n) is 4.88. The minimum absolute atomic E-state index is 0.319. The predicted octanol–water partition coefficient (Wildman–Crippen LogP) is 3.44. The van der Waals surface area contributed by atoms with Crippen LogP contribution in [0.1, 0.15) is 47.7 Å². The number of carbonyl (C=O) groups excluding carboxylic acids is 1. The standard InChI is InChI=1S/C19H19N3O3/c1-22-17(10-16(21-22)12-6-2-3-7-12)20-18(23)15-11-25-19(24)14-9-5-4-8-13(14)15/h4-5,8-12H,2-3,6-7H2,1H3,(H,20,23). The Balaban J connectivity index is 1.65. The van der Waals surface area contributed by atoms with Crippen LogP contribution in [0.3, 0.4) is 0 Å². The second-order valence-corrected chi connectivity index (χ2v) is 6.50. The van der Waals surface area contributed by atoms with Crippen LogP contribution in [0.2, 0.25) is 0 Å². The van der Waals surface area contributed by atoms with Gasteiger partial charge >= 0.3 is 5.63 Å². The van der Waals surface area contributed by atoms with Gasteiger partial charge in [0.15, 0.2) is 0 Å². The van der Waals surface area contributed by atoms with E-state index in [1.165, 1.54) is 19.1 Å². The molecular formula is C19H19N3O3. The summed E-state index contributed by atoms with van der Waals surface area (Å²) in [6.45, 7) is 0. The summed E-state index contributed by atoms with van der Waals surface area (Å²) < 4.78 is 6.70. The summed E-state index contributed by atoms with van der Waals surface area (Å²) in [5.41, 5.74) is 0.912. The SMILES string of the molecule is Cn1nc(C2CCCC2)cc1NC(=O)c1coc(=O)c2ccccc12. The number of hydrogen-bond donors (Lipinski definition) is 1. The summed E-state index contributed by atoms with van der Waals surface area (Å²) in [6, 6.07) is 8.88. The highest BCUT2D eigenvalue weighted by molar-refractivity contribution is 6.12. The number of nitrogens with zero attached hydrogens (tertiary/aromatic N) is 2. The van der Waals surface area contributed by atoms with E-state index in [0.29, 0.717) is 28.1 Å². The van der Waals surface area contributed by atoms with E-state index in [9.17, 15) is 9.59 Å². The number of carbonyl (C=O) groups is 1. The number of hydrogen-bond acceptors (Lipinski definition) is 4. The van der Waals surface area contributed by atoms with Crippen LogP contribution in [-0.2, 0) is 7.05 Å². The molecule has 1 N–H and O–H groups in total. The van der Waals surface area contributed by atoms with Crippen molar-refractivity contribution in [3.05, 3.63) is 58.3 Å². The van der Waals surface area contributed by atoms with Crippen molar-refractivity contribution in [3.63, 3.8) is 0 Å². The normalized spacial score (nSPS) is 14.9. The highest BCUT2D eigenvalue weighted by atomic mass is 16.4. The van der Waals surface area contributed by atoms with Gasteiger partial charge in [0, 0.05) is 24.4 Å². The molecule has 1 fully saturated rings. The van der Waals surface area contributed by atoms with Crippen LogP contribution >= 0.6 is 0 Å². The number of amides is 1. The largest absolute Gasteiger partial charge is 0.430 e. The third kappa shape index (κ3) is 2.84. The van der Waals surface area contributed by atoms with E-state index >= 15 is 0 Å². The summed E-state index contributed by atoms with van der Waals surface area (Å²) in [7, 11) is 1.82. The van der Waals surface area contributed by atoms with Crippen LogP contribution in [0.5, 0.6) is 0 Å². The van der Waals surface area contributed by atoms with Gasteiger partial charge in [-0.15, -0.1) is 0 Å². The van der Waals surface area contributed by atoms with Crippen molar-refractivity contribution >= 4 is 22.5 Å². The Morgan fingerprint density at radius 2 is 1.96 bits per heavy atom. The molecule has 2 aromatic heterocycles. The molecule has 6 nitrogen and oxygen atoms in total. The molecule has 1 aromatic carbocycles. The predicted molar refractivity (Wildman–Crippen MR) is 94.9 cm³/mol. The van der Waals surface area contributed by atoms with Crippen LogP contribution in [0.15, 0.2) is 45.8 Å². The molecule has 1 aliphatic rings.